The summed E-state index contributed by atoms with van der Waals surface area (Å²) in [5.41, 5.74) is 5.49. The van der Waals surface area contributed by atoms with Gasteiger partial charge < -0.3 is 5.11 Å². The molecule has 3 rings (SSSR count). The van der Waals surface area contributed by atoms with Crippen LogP contribution in [0.15, 0.2) is 71.6 Å². The second-order valence-electron chi connectivity index (χ2n) is 5.89. The summed E-state index contributed by atoms with van der Waals surface area (Å²) in [6.45, 7) is 2.03. The van der Waals surface area contributed by atoms with Gasteiger partial charge in [-0.2, -0.15) is 0 Å². The first-order chi connectivity index (χ1) is 12.2. The van der Waals surface area contributed by atoms with Crippen LogP contribution in [0.4, 0.5) is 0 Å². The largest absolute Gasteiger partial charge is 1.00 e. The minimum atomic E-state index is 0. The maximum atomic E-state index is 12.3. The van der Waals surface area contributed by atoms with Crippen molar-refractivity contribution in [3.05, 3.63) is 83.4 Å². The zero-order valence-electron chi connectivity index (χ0n) is 15.5. The fourth-order valence-corrected chi connectivity index (χ4v) is 3.35. The Balaban J connectivity index is 0.00000243. The summed E-state index contributed by atoms with van der Waals surface area (Å²) in [7, 11) is 0. The molecule has 3 aromatic carbocycles. The van der Waals surface area contributed by atoms with Gasteiger partial charge in [0, 0.05) is 0 Å². The van der Waals surface area contributed by atoms with E-state index >= 15 is 0 Å². The van der Waals surface area contributed by atoms with Crippen molar-refractivity contribution in [3.63, 3.8) is 0 Å². The van der Waals surface area contributed by atoms with E-state index in [1.165, 1.54) is 17.3 Å². The Hall–Kier alpha value is -0.814. The van der Waals surface area contributed by atoms with Gasteiger partial charge in [0.25, 0.3) is 0 Å². The maximum absolute atomic E-state index is 12.3. The molecule has 0 saturated carbocycles. The predicted molar refractivity (Wildman–Crippen MR) is 108 cm³/mol. The molecule has 0 spiro atoms. The number of aryl methyl sites for hydroxylation is 1. The zero-order chi connectivity index (χ0) is 17.6. The van der Waals surface area contributed by atoms with Gasteiger partial charge in [-0.05, 0) is 45.9 Å². The van der Waals surface area contributed by atoms with E-state index in [1.54, 1.807) is 0 Å². The molecule has 0 atom stereocenters. The standard InChI is InChI=1S/C23H22OS.K/c1-3-19-15-21(16-22(25-2)23(19)24)20-13-11-18(12-14-20)10-9-17-7-5-4-6-8-17;/h4-16,24H,3H2,1-2H3;/q;+1/p-1/b10-9+;. The molecule has 0 fully saturated rings. The molecule has 0 N–H and O–H groups in total. The molecule has 126 valence electrons. The average Bonchev–Trinajstić information content (AvgIpc) is 2.68. The van der Waals surface area contributed by atoms with Gasteiger partial charge in [0.15, 0.2) is 0 Å². The van der Waals surface area contributed by atoms with Gasteiger partial charge in [-0.25, -0.2) is 0 Å². The summed E-state index contributed by atoms with van der Waals surface area (Å²) in [5.74, 6) is 0.168. The van der Waals surface area contributed by atoms with E-state index in [-0.39, 0.29) is 57.1 Å². The fraction of sp³-hybridized carbons (Fsp3) is 0.130. The summed E-state index contributed by atoms with van der Waals surface area (Å²) in [4.78, 5) is 0.822. The topological polar surface area (TPSA) is 23.1 Å². The van der Waals surface area contributed by atoms with Crippen LogP contribution in [0.3, 0.4) is 0 Å². The van der Waals surface area contributed by atoms with Crippen molar-refractivity contribution in [1.82, 2.24) is 0 Å². The first-order valence-corrected chi connectivity index (χ1v) is 9.65. The van der Waals surface area contributed by atoms with Gasteiger partial charge in [-0.3, -0.25) is 0 Å². The molecule has 0 heterocycles. The number of thioether (sulfide) groups is 1. The third kappa shape index (κ3) is 5.35. The van der Waals surface area contributed by atoms with Crippen LogP contribution < -0.4 is 56.5 Å². The van der Waals surface area contributed by atoms with Crippen molar-refractivity contribution in [2.45, 2.75) is 18.2 Å². The van der Waals surface area contributed by atoms with Gasteiger partial charge in [-0.15, -0.1) is 11.8 Å². The molecule has 0 aromatic heterocycles. The summed E-state index contributed by atoms with van der Waals surface area (Å²) < 4.78 is 0. The Morgan fingerprint density at radius 1 is 0.846 bits per heavy atom. The summed E-state index contributed by atoms with van der Waals surface area (Å²) in [6, 6.07) is 22.8. The van der Waals surface area contributed by atoms with Crippen LogP contribution in [0.5, 0.6) is 5.75 Å². The number of hydrogen-bond donors (Lipinski definition) is 0. The molecule has 0 saturated heterocycles. The van der Waals surface area contributed by atoms with E-state index in [1.807, 2.05) is 43.5 Å². The maximum Gasteiger partial charge on any atom is 1.00 e. The first-order valence-electron chi connectivity index (χ1n) is 8.42. The van der Waals surface area contributed by atoms with E-state index in [0.717, 1.165) is 33.6 Å². The third-order valence-electron chi connectivity index (χ3n) is 4.24. The SMILES string of the molecule is CCc1cc(-c2ccc(/C=C/c3ccccc3)cc2)cc(SC)c1[O-].[K+]. The van der Waals surface area contributed by atoms with Gasteiger partial charge in [0.05, 0.1) is 0 Å². The molecule has 0 aliphatic carbocycles. The minimum absolute atomic E-state index is 0. The molecule has 0 bridgehead atoms. The van der Waals surface area contributed by atoms with Crippen molar-refractivity contribution in [2.24, 2.45) is 0 Å². The van der Waals surface area contributed by atoms with Gasteiger partial charge in [0.1, 0.15) is 0 Å². The molecule has 0 aliphatic heterocycles. The molecular weight excluding hydrogens is 363 g/mol. The van der Waals surface area contributed by atoms with Crippen LogP contribution in [0.2, 0.25) is 0 Å². The number of rotatable bonds is 5. The van der Waals surface area contributed by atoms with E-state index < -0.39 is 0 Å². The van der Waals surface area contributed by atoms with Crippen LogP contribution in [0.25, 0.3) is 23.3 Å². The van der Waals surface area contributed by atoms with Crippen LogP contribution in [0, 0.1) is 0 Å². The molecule has 3 aromatic rings. The van der Waals surface area contributed by atoms with Gasteiger partial charge >= 0.3 is 51.4 Å². The van der Waals surface area contributed by atoms with Crippen LogP contribution in [-0.4, -0.2) is 6.26 Å². The Kier molecular flexibility index (Phi) is 8.68. The quantitative estimate of drug-likeness (QED) is 0.384. The summed E-state index contributed by atoms with van der Waals surface area (Å²) in [6.07, 6.45) is 6.95. The zero-order valence-corrected chi connectivity index (χ0v) is 19.5. The molecule has 1 nitrogen and oxygen atoms in total. The third-order valence-corrected chi connectivity index (χ3v) is 4.99. The predicted octanol–water partition coefficient (Wildman–Crippen LogP) is 2.89. The van der Waals surface area contributed by atoms with Crippen LogP contribution >= 0.6 is 11.8 Å². The van der Waals surface area contributed by atoms with Crippen LogP contribution in [0.1, 0.15) is 23.6 Å². The molecule has 0 radical (unpaired) electrons. The summed E-state index contributed by atoms with van der Waals surface area (Å²) in [5, 5.41) is 12.3. The van der Waals surface area contributed by atoms with E-state index in [2.05, 4.69) is 48.6 Å². The van der Waals surface area contributed by atoms with Crippen molar-refractivity contribution in [3.8, 4) is 16.9 Å². The Bertz CT molecular complexity index is 845. The fourth-order valence-electron chi connectivity index (χ4n) is 2.78. The molecule has 0 unspecified atom stereocenters. The Morgan fingerprint density at radius 2 is 1.46 bits per heavy atom. The molecular formula is C23H21KOS. The Morgan fingerprint density at radius 3 is 2.04 bits per heavy atom. The minimum Gasteiger partial charge on any atom is -0.872 e. The molecule has 0 aliphatic rings. The Labute approximate surface area is 203 Å². The number of hydrogen-bond acceptors (Lipinski definition) is 2. The monoisotopic (exact) mass is 384 g/mol. The van der Waals surface area contributed by atoms with E-state index in [4.69, 9.17) is 0 Å². The van der Waals surface area contributed by atoms with E-state index in [0.29, 0.717) is 0 Å². The molecule has 0 amide bonds. The van der Waals surface area contributed by atoms with Crippen LogP contribution in [-0.2, 0) is 6.42 Å². The first kappa shape index (κ1) is 21.5. The second-order valence-corrected chi connectivity index (χ2v) is 6.73. The van der Waals surface area contributed by atoms with Crippen molar-refractivity contribution in [1.29, 1.82) is 0 Å². The average molecular weight is 385 g/mol. The van der Waals surface area contributed by atoms with Crippen molar-refractivity contribution < 1.29 is 56.5 Å². The van der Waals surface area contributed by atoms with Gasteiger partial charge in [-0.1, -0.05) is 91.1 Å². The molecule has 26 heavy (non-hydrogen) atoms. The van der Waals surface area contributed by atoms with Gasteiger partial charge in [0.2, 0.25) is 0 Å². The van der Waals surface area contributed by atoms with Crippen molar-refractivity contribution >= 4 is 23.9 Å². The number of benzene rings is 3. The second kappa shape index (κ2) is 10.5. The summed E-state index contributed by atoms with van der Waals surface area (Å²) >= 11 is 1.52. The normalized spacial score (nSPS) is 10.7. The smallest absolute Gasteiger partial charge is 0.872 e. The van der Waals surface area contributed by atoms with Crippen molar-refractivity contribution in [2.75, 3.05) is 6.26 Å². The van der Waals surface area contributed by atoms with E-state index in [9.17, 15) is 5.11 Å². The molecule has 3 heteroatoms.